The predicted octanol–water partition coefficient (Wildman–Crippen LogP) is 8.27. The van der Waals surface area contributed by atoms with Gasteiger partial charge in [0.15, 0.2) is 5.82 Å². The van der Waals surface area contributed by atoms with Crippen LogP contribution in [0, 0.1) is 23.0 Å². The Balaban J connectivity index is 0.000000557. The maximum Gasteiger partial charge on any atom is 0.420 e. The van der Waals surface area contributed by atoms with E-state index in [4.69, 9.17) is 20.9 Å². The molecule has 0 atom stereocenters. The van der Waals surface area contributed by atoms with E-state index in [0.717, 1.165) is 12.1 Å². The van der Waals surface area contributed by atoms with E-state index in [0.29, 0.717) is 16.9 Å². The molecule has 0 saturated carbocycles. The molecule has 6 rings (SSSR count). The first-order valence-corrected chi connectivity index (χ1v) is 17.1. The molecule has 4 heterocycles. The fourth-order valence-corrected chi connectivity index (χ4v) is 6.59. The van der Waals surface area contributed by atoms with Gasteiger partial charge in [0, 0.05) is 29.3 Å². The van der Waals surface area contributed by atoms with E-state index in [9.17, 15) is 18.4 Å². The minimum atomic E-state index is -5.17. The first kappa shape index (κ1) is 40.6. The van der Waals surface area contributed by atoms with E-state index in [2.05, 4.69) is 40.9 Å². The fraction of sp³-hybridized carbons (Fsp3) is 0.371. The number of nitriles is 1. The average molecular weight is 767 g/mol. The van der Waals surface area contributed by atoms with Crippen molar-refractivity contribution in [3.63, 3.8) is 0 Å². The second-order valence-electron chi connectivity index (χ2n) is 11.7. The Hall–Kier alpha value is -5.15. The molecule has 0 bridgehead atoms. The van der Waals surface area contributed by atoms with Gasteiger partial charge in [-0.15, -0.1) is 11.3 Å². The van der Waals surface area contributed by atoms with E-state index < -0.39 is 52.7 Å². The Morgan fingerprint density at radius 3 is 2.40 bits per heavy atom. The molecule has 0 aliphatic carbocycles. The number of fused-ring (bicyclic) bond motifs is 1. The smallest absolute Gasteiger partial charge is 0.420 e. The second-order valence-corrected chi connectivity index (χ2v) is 12.8. The van der Waals surface area contributed by atoms with Crippen LogP contribution >= 0.6 is 11.3 Å². The minimum absolute atomic E-state index is 0.0371. The molecule has 0 amide bonds. The van der Waals surface area contributed by atoms with Crippen molar-refractivity contribution >= 4 is 49.0 Å². The van der Waals surface area contributed by atoms with Crippen LogP contribution in [0.15, 0.2) is 30.5 Å². The molecule has 3 aromatic heterocycles. The van der Waals surface area contributed by atoms with Crippen molar-refractivity contribution in [3.8, 4) is 29.0 Å². The SMILES string of the molecule is CCCCN(C)C.CCOc1nc2c3c(c(C(F)(F)F)c(-c4ccc(F)c5sc(N)c(C#N)c45)c(F)c3n1)OCCN2Cc1cccnc1N.FCF. The van der Waals surface area contributed by atoms with Gasteiger partial charge in [-0.3, -0.25) is 0 Å². The van der Waals surface area contributed by atoms with Crippen LogP contribution in [0.5, 0.6) is 11.8 Å². The number of pyridine rings is 1. The minimum Gasteiger partial charge on any atom is -0.490 e. The zero-order chi connectivity index (χ0) is 39.0. The van der Waals surface area contributed by atoms with Gasteiger partial charge < -0.3 is 30.7 Å². The summed E-state index contributed by atoms with van der Waals surface area (Å²) in [4.78, 5) is 16.4. The zero-order valence-corrected chi connectivity index (χ0v) is 30.1. The van der Waals surface area contributed by atoms with Gasteiger partial charge in [-0.1, -0.05) is 25.5 Å². The molecule has 0 unspecified atom stereocenters. The molecule has 0 fully saturated rings. The van der Waals surface area contributed by atoms with E-state index in [1.165, 1.54) is 25.6 Å². The van der Waals surface area contributed by atoms with Crippen LogP contribution < -0.4 is 25.8 Å². The third-order valence-corrected chi connectivity index (χ3v) is 8.94. The summed E-state index contributed by atoms with van der Waals surface area (Å²) in [7, 11) is 4.21. The summed E-state index contributed by atoms with van der Waals surface area (Å²) in [5, 5.41) is 9.04. The van der Waals surface area contributed by atoms with E-state index in [1.54, 1.807) is 30.0 Å². The summed E-state index contributed by atoms with van der Waals surface area (Å²) in [6, 6.07) is 6.75. The predicted molar refractivity (Wildman–Crippen MR) is 191 cm³/mol. The number of thiophene rings is 1. The third-order valence-electron chi connectivity index (χ3n) is 7.91. The van der Waals surface area contributed by atoms with Crippen LogP contribution in [-0.4, -0.2) is 67.2 Å². The average Bonchev–Trinajstić information content (AvgIpc) is 3.35. The molecule has 284 valence electrons. The lowest BCUT2D eigenvalue weighted by Crippen LogP contribution is -2.28. The van der Waals surface area contributed by atoms with Crippen molar-refractivity contribution in [3.05, 3.63) is 58.8 Å². The van der Waals surface area contributed by atoms with Crippen LogP contribution in [0.2, 0.25) is 0 Å². The molecule has 2 aromatic carbocycles. The molecular formula is C35H37F7N8O2S. The quantitative estimate of drug-likeness (QED) is 0.148. The Morgan fingerprint density at radius 2 is 1.81 bits per heavy atom. The molecule has 10 nitrogen and oxygen atoms in total. The number of hydrogen-bond donors (Lipinski definition) is 2. The summed E-state index contributed by atoms with van der Waals surface area (Å²) in [6.45, 7) is 3.26. The lowest BCUT2D eigenvalue weighted by Gasteiger charge is -2.24. The van der Waals surface area contributed by atoms with E-state index >= 15 is 17.6 Å². The number of unbranched alkanes of at least 4 members (excludes halogenated alkanes) is 1. The van der Waals surface area contributed by atoms with Crippen LogP contribution in [0.4, 0.5) is 47.4 Å². The lowest BCUT2D eigenvalue weighted by molar-refractivity contribution is -0.138. The summed E-state index contributed by atoms with van der Waals surface area (Å²) in [5.74, 6) is -2.79. The van der Waals surface area contributed by atoms with E-state index in [1.807, 2.05) is 0 Å². The summed E-state index contributed by atoms with van der Waals surface area (Å²) in [6.07, 6.45) is -1.05. The topological polar surface area (TPSA) is 139 Å². The maximum absolute atomic E-state index is 16.8. The van der Waals surface area contributed by atoms with Gasteiger partial charge in [0.2, 0.25) is 6.93 Å². The molecule has 0 radical (unpaired) electrons. The number of anilines is 3. The molecule has 1 aliphatic rings. The number of rotatable bonds is 8. The Labute approximate surface area is 304 Å². The van der Waals surface area contributed by atoms with E-state index in [-0.39, 0.29) is 70.0 Å². The maximum atomic E-state index is 16.8. The number of ether oxygens (including phenoxy) is 2. The molecule has 0 saturated heterocycles. The largest absolute Gasteiger partial charge is 0.490 e. The van der Waals surface area contributed by atoms with Crippen molar-refractivity contribution in [2.75, 3.05) is 63.7 Å². The van der Waals surface area contributed by atoms with Crippen molar-refractivity contribution in [2.24, 2.45) is 0 Å². The number of benzene rings is 2. The highest BCUT2D eigenvalue weighted by molar-refractivity contribution is 7.23. The Kier molecular flexibility index (Phi) is 13.5. The number of nitrogens with two attached hydrogens (primary N) is 2. The number of halogens is 7. The van der Waals surface area contributed by atoms with Gasteiger partial charge in [0.1, 0.15) is 52.0 Å². The van der Waals surface area contributed by atoms with Crippen LogP contribution in [0.1, 0.15) is 43.4 Å². The molecule has 1 aliphatic heterocycles. The van der Waals surface area contributed by atoms with Gasteiger partial charge in [-0.25, -0.2) is 22.5 Å². The molecular weight excluding hydrogens is 729 g/mol. The monoisotopic (exact) mass is 766 g/mol. The summed E-state index contributed by atoms with van der Waals surface area (Å²) in [5.41, 5.74) is 8.88. The number of aromatic nitrogens is 3. The molecule has 18 heteroatoms. The van der Waals surface area contributed by atoms with Gasteiger partial charge in [-0.05, 0) is 51.7 Å². The zero-order valence-electron chi connectivity index (χ0n) is 29.3. The van der Waals surface area contributed by atoms with Gasteiger partial charge in [0.25, 0.3) is 0 Å². The highest BCUT2D eigenvalue weighted by Gasteiger charge is 2.44. The molecule has 5 aromatic rings. The third kappa shape index (κ3) is 8.74. The van der Waals surface area contributed by atoms with Crippen LogP contribution in [0.25, 0.3) is 32.1 Å². The number of nitrogens with zero attached hydrogens (tertiary/aromatic N) is 6. The van der Waals surface area contributed by atoms with Crippen molar-refractivity contribution in [2.45, 2.75) is 39.4 Å². The van der Waals surface area contributed by atoms with Gasteiger partial charge >= 0.3 is 12.2 Å². The lowest BCUT2D eigenvalue weighted by atomic mass is 9.91. The summed E-state index contributed by atoms with van der Waals surface area (Å²) >= 11 is 0.678. The number of nitrogen functional groups attached to an aromatic ring is 2. The molecule has 0 spiro atoms. The second kappa shape index (κ2) is 17.6. The molecule has 53 heavy (non-hydrogen) atoms. The first-order valence-electron chi connectivity index (χ1n) is 16.3. The Bertz CT molecular complexity index is 2100. The first-order chi connectivity index (χ1) is 25.2. The van der Waals surface area contributed by atoms with Crippen molar-refractivity contribution < 1.29 is 40.2 Å². The van der Waals surface area contributed by atoms with Crippen LogP contribution in [0.3, 0.4) is 0 Å². The van der Waals surface area contributed by atoms with Gasteiger partial charge in [0.05, 0.1) is 28.8 Å². The van der Waals surface area contributed by atoms with Crippen molar-refractivity contribution in [1.82, 2.24) is 19.9 Å². The Morgan fingerprint density at radius 1 is 1.09 bits per heavy atom. The number of alkyl halides is 5. The number of hydrogen-bond acceptors (Lipinski definition) is 11. The normalized spacial score (nSPS) is 12.4. The highest BCUT2D eigenvalue weighted by atomic mass is 32.1. The molecule has 4 N–H and O–H groups in total. The standard InChI is InChI=1S/C28H20F5N7O2S.C6H15N.CH2F2/c1-2-41-27-38-21-18-22(42-9-8-40(26(18)39-27)11-12-4-3-7-37-24(12)35)19(28(31,32)33)17(20(21)30)13-5-6-15(29)23-16(13)14(10-34)25(36)43-23;1-4-5-6-7(2)3;2-1-3/h3-7H,2,8-9,11,36H2,1H3,(H2,35,37);4-6H2,1-3H3;1H2. The van der Waals surface area contributed by atoms with Gasteiger partial charge in [-0.2, -0.15) is 28.4 Å². The van der Waals surface area contributed by atoms with Crippen molar-refractivity contribution in [1.29, 1.82) is 5.26 Å². The highest BCUT2D eigenvalue weighted by Crippen LogP contribution is 2.53. The summed E-state index contributed by atoms with van der Waals surface area (Å²) < 4.78 is 107. The fourth-order valence-electron chi connectivity index (χ4n) is 5.64. The van der Waals surface area contributed by atoms with Crippen LogP contribution in [-0.2, 0) is 12.7 Å².